The van der Waals surface area contributed by atoms with Gasteiger partial charge in [0.25, 0.3) is 11.8 Å². The summed E-state index contributed by atoms with van der Waals surface area (Å²) in [7, 11) is 1.61. The minimum absolute atomic E-state index is 0.154. The van der Waals surface area contributed by atoms with Gasteiger partial charge in [0.05, 0.1) is 13.7 Å². The van der Waals surface area contributed by atoms with Crippen LogP contribution in [0.4, 0.5) is 0 Å². The molecule has 1 fully saturated rings. The maximum Gasteiger partial charge on any atom is 0.272 e. The Morgan fingerprint density at radius 1 is 1.23 bits per heavy atom. The molecule has 158 valence electrons. The molecule has 3 amide bonds. The zero-order valence-electron chi connectivity index (χ0n) is 16.9. The third kappa shape index (κ3) is 4.14. The summed E-state index contributed by atoms with van der Waals surface area (Å²) in [6, 6.07) is 8.51. The van der Waals surface area contributed by atoms with Gasteiger partial charge < -0.3 is 20.3 Å². The van der Waals surface area contributed by atoms with E-state index in [1.54, 1.807) is 16.7 Å². The van der Waals surface area contributed by atoms with Crippen LogP contribution in [0, 0.1) is 0 Å². The quantitative estimate of drug-likeness (QED) is 0.762. The Balaban J connectivity index is 1.44. The molecule has 1 saturated heterocycles. The summed E-state index contributed by atoms with van der Waals surface area (Å²) in [5.74, 6) is -0.0179. The topological polar surface area (TPSA) is 106 Å². The molecule has 2 aliphatic rings. The Bertz CT molecular complexity index is 953. The third-order valence-electron chi connectivity index (χ3n) is 5.47. The van der Waals surface area contributed by atoms with E-state index in [4.69, 9.17) is 4.74 Å². The minimum Gasteiger partial charge on any atom is -0.497 e. The molecule has 0 radical (unpaired) electrons. The molecule has 9 nitrogen and oxygen atoms in total. The van der Waals surface area contributed by atoms with Crippen molar-refractivity contribution in [2.24, 2.45) is 0 Å². The van der Waals surface area contributed by atoms with Gasteiger partial charge in [0.2, 0.25) is 5.91 Å². The van der Waals surface area contributed by atoms with Crippen LogP contribution in [0.25, 0.3) is 0 Å². The first-order valence-electron chi connectivity index (χ1n) is 10.1. The number of ether oxygens (including phenoxy) is 1. The first-order valence-corrected chi connectivity index (χ1v) is 10.1. The zero-order chi connectivity index (χ0) is 21.1. The number of amides is 3. The monoisotopic (exact) mass is 411 g/mol. The van der Waals surface area contributed by atoms with E-state index in [-0.39, 0.29) is 17.5 Å². The normalized spacial score (nSPS) is 19.0. The number of fused-ring (bicyclic) bond motifs is 1. The standard InChI is InChI=1S/C21H25N5O4/c1-30-15-7-5-14(6-8-15)13-25-10-11-26-18(21(25)29)12-17(24-26)20(28)23-16-4-2-3-9-22-19(16)27/h5-8,12,16H,2-4,9-11,13H2,1H3,(H,22,27)(H,23,28). The molecule has 0 spiro atoms. The summed E-state index contributed by atoms with van der Waals surface area (Å²) in [6.07, 6.45) is 2.36. The van der Waals surface area contributed by atoms with Crippen LogP contribution in [0.5, 0.6) is 5.75 Å². The maximum absolute atomic E-state index is 12.9. The molecule has 1 unspecified atom stereocenters. The number of nitrogens with zero attached hydrogens (tertiary/aromatic N) is 3. The average Bonchev–Trinajstić information content (AvgIpc) is 3.10. The SMILES string of the molecule is COc1ccc(CN2CCn3nc(C(=O)NC4CCCCNC4=O)cc3C2=O)cc1. The Morgan fingerprint density at radius 2 is 2.03 bits per heavy atom. The van der Waals surface area contributed by atoms with E-state index >= 15 is 0 Å². The Labute approximate surface area is 174 Å². The van der Waals surface area contributed by atoms with Crippen LogP contribution in [0.1, 0.15) is 45.8 Å². The highest BCUT2D eigenvalue weighted by molar-refractivity contribution is 5.99. The number of benzene rings is 1. The summed E-state index contributed by atoms with van der Waals surface area (Å²) in [6.45, 7) is 2.11. The van der Waals surface area contributed by atoms with Gasteiger partial charge in [0.1, 0.15) is 17.5 Å². The predicted molar refractivity (Wildman–Crippen MR) is 108 cm³/mol. The van der Waals surface area contributed by atoms with Gasteiger partial charge in [-0.15, -0.1) is 0 Å². The summed E-state index contributed by atoms with van der Waals surface area (Å²) < 4.78 is 6.73. The molecule has 0 bridgehead atoms. The summed E-state index contributed by atoms with van der Waals surface area (Å²) in [5, 5.41) is 9.83. The van der Waals surface area contributed by atoms with Crippen molar-refractivity contribution in [1.82, 2.24) is 25.3 Å². The first-order chi connectivity index (χ1) is 14.5. The highest BCUT2D eigenvalue weighted by Gasteiger charge is 2.29. The number of carbonyl (C=O) groups excluding carboxylic acids is 3. The second kappa shape index (κ2) is 8.56. The van der Waals surface area contributed by atoms with Gasteiger partial charge in [-0.1, -0.05) is 12.1 Å². The van der Waals surface area contributed by atoms with Gasteiger partial charge in [-0.25, -0.2) is 0 Å². The van der Waals surface area contributed by atoms with Crippen molar-refractivity contribution in [3.63, 3.8) is 0 Å². The van der Waals surface area contributed by atoms with Gasteiger partial charge in [0, 0.05) is 25.7 Å². The molecule has 2 N–H and O–H groups in total. The smallest absolute Gasteiger partial charge is 0.272 e. The number of aromatic nitrogens is 2. The van der Waals surface area contributed by atoms with Crippen molar-refractivity contribution in [3.05, 3.63) is 47.3 Å². The van der Waals surface area contributed by atoms with Crippen LogP contribution >= 0.6 is 0 Å². The lowest BCUT2D eigenvalue weighted by molar-refractivity contribution is -0.122. The zero-order valence-corrected chi connectivity index (χ0v) is 16.9. The second-order valence-corrected chi connectivity index (χ2v) is 7.53. The van der Waals surface area contributed by atoms with Crippen LogP contribution in [0.3, 0.4) is 0 Å². The number of hydrogen-bond donors (Lipinski definition) is 2. The van der Waals surface area contributed by atoms with E-state index in [9.17, 15) is 14.4 Å². The van der Waals surface area contributed by atoms with Crippen LogP contribution < -0.4 is 15.4 Å². The van der Waals surface area contributed by atoms with Crippen molar-refractivity contribution in [2.45, 2.75) is 38.4 Å². The van der Waals surface area contributed by atoms with Gasteiger partial charge >= 0.3 is 0 Å². The largest absolute Gasteiger partial charge is 0.497 e. The fraction of sp³-hybridized carbons (Fsp3) is 0.429. The predicted octanol–water partition coefficient (Wildman–Crippen LogP) is 0.946. The highest BCUT2D eigenvalue weighted by atomic mass is 16.5. The second-order valence-electron chi connectivity index (χ2n) is 7.53. The molecule has 0 saturated carbocycles. The number of nitrogens with one attached hydrogen (secondary N) is 2. The van der Waals surface area contributed by atoms with Crippen LogP contribution in [0.2, 0.25) is 0 Å². The van der Waals surface area contributed by atoms with E-state index in [0.717, 1.165) is 24.2 Å². The lowest BCUT2D eigenvalue weighted by Gasteiger charge is -2.27. The Morgan fingerprint density at radius 3 is 2.80 bits per heavy atom. The number of rotatable bonds is 5. The summed E-state index contributed by atoms with van der Waals surface area (Å²) >= 11 is 0. The van der Waals surface area contributed by atoms with E-state index in [2.05, 4.69) is 15.7 Å². The highest BCUT2D eigenvalue weighted by Crippen LogP contribution is 2.18. The Hall–Kier alpha value is -3.36. The molecule has 0 aliphatic carbocycles. The van der Waals surface area contributed by atoms with Gasteiger partial charge in [-0.2, -0.15) is 5.10 Å². The van der Waals surface area contributed by atoms with Gasteiger partial charge in [0.15, 0.2) is 5.69 Å². The van der Waals surface area contributed by atoms with Crippen molar-refractivity contribution < 1.29 is 19.1 Å². The van der Waals surface area contributed by atoms with E-state index in [1.165, 1.54) is 6.07 Å². The van der Waals surface area contributed by atoms with Crippen LogP contribution in [-0.4, -0.2) is 58.6 Å². The minimum atomic E-state index is -0.569. The molecular weight excluding hydrogens is 386 g/mol. The molecule has 1 aromatic heterocycles. The molecule has 4 rings (SSSR count). The van der Waals surface area contributed by atoms with Crippen molar-refractivity contribution in [2.75, 3.05) is 20.2 Å². The van der Waals surface area contributed by atoms with Gasteiger partial charge in [-0.05, 0) is 37.0 Å². The molecule has 9 heteroatoms. The summed E-state index contributed by atoms with van der Waals surface area (Å²) in [4.78, 5) is 39.3. The Kier molecular flexibility index (Phi) is 5.69. The summed E-state index contributed by atoms with van der Waals surface area (Å²) in [5.41, 5.74) is 1.53. The number of hydrogen-bond acceptors (Lipinski definition) is 5. The maximum atomic E-state index is 12.9. The first kappa shape index (κ1) is 19.9. The molecule has 30 heavy (non-hydrogen) atoms. The van der Waals surface area contributed by atoms with E-state index in [0.29, 0.717) is 38.3 Å². The number of methoxy groups -OCH3 is 1. The molecule has 2 aromatic rings. The van der Waals surface area contributed by atoms with Crippen LogP contribution in [-0.2, 0) is 17.9 Å². The molecule has 1 atom stereocenters. The molecule has 2 aliphatic heterocycles. The third-order valence-corrected chi connectivity index (χ3v) is 5.47. The molecular formula is C21H25N5O4. The molecule has 1 aromatic carbocycles. The van der Waals surface area contributed by atoms with E-state index < -0.39 is 11.9 Å². The fourth-order valence-electron chi connectivity index (χ4n) is 3.76. The lowest BCUT2D eigenvalue weighted by Crippen LogP contribution is -2.45. The van der Waals surface area contributed by atoms with Gasteiger partial charge in [-0.3, -0.25) is 19.1 Å². The average molecular weight is 411 g/mol. The molecule has 3 heterocycles. The fourth-order valence-corrected chi connectivity index (χ4v) is 3.76. The van der Waals surface area contributed by atoms with Crippen LogP contribution in [0.15, 0.2) is 30.3 Å². The number of carbonyl (C=O) groups is 3. The van der Waals surface area contributed by atoms with Crippen molar-refractivity contribution >= 4 is 17.7 Å². The van der Waals surface area contributed by atoms with Crippen molar-refractivity contribution in [3.8, 4) is 5.75 Å². The van der Waals surface area contributed by atoms with Crippen molar-refractivity contribution in [1.29, 1.82) is 0 Å². The lowest BCUT2D eigenvalue weighted by atomic mass is 10.1. The van der Waals surface area contributed by atoms with E-state index in [1.807, 2.05) is 24.3 Å².